The largest absolute Gasteiger partial charge is 0.416 e. The summed E-state index contributed by atoms with van der Waals surface area (Å²) < 4.78 is 36.8. The van der Waals surface area contributed by atoms with Crippen LogP contribution in [0.4, 0.5) is 13.2 Å². The zero-order valence-corrected chi connectivity index (χ0v) is 9.58. The summed E-state index contributed by atoms with van der Waals surface area (Å²) in [6, 6.07) is 6.26. The Morgan fingerprint density at radius 1 is 1.39 bits per heavy atom. The quantitative estimate of drug-likeness (QED) is 0.903. The fourth-order valence-corrected chi connectivity index (χ4v) is 1.21. The second-order valence-electron chi connectivity index (χ2n) is 3.76. The molecular weight excluding hydrogens is 245 g/mol. The number of hydrogen-bond donors (Lipinski definition) is 1. The number of carbonyl (C=O) groups excluding carboxylic acids is 1. The van der Waals surface area contributed by atoms with Crippen LogP contribution in [0.15, 0.2) is 24.3 Å². The molecule has 1 rings (SSSR count). The summed E-state index contributed by atoms with van der Waals surface area (Å²) in [6.07, 6.45) is -4.36. The molecule has 1 N–H and O–H groups in total. The molecule has 3 nitrogen and oxygen atoms in total. The molecule has 0 aliphatic rings. The zero-order valence-electron chi connectivity index (χ0n) is 9.58. The fourth-order valence-electron chi connectivity index (χ4n) is 1.21. The number of benzene rings is 1. The van der Waals surface area contributed by atoms with Gasteiger partial charge in [0.2, 0.25) is 5.91 Å². The lowest BCUT2D eigenvalue weighted by molar-refractivity contribution is -0.137. The van der Waals surface area contributed by atoms with Gasteiger partial charge in [0.25, 0.3) is 0 Å². The maximum Gasteiger partial charge on any atom is 0.416 e. The van der Waals surface area contributed by atoms with Crippen LogP contribution >= 0.6 is 0 Å². The molecule has 1 aromatic rings. The average Bonchev–Trinajstić information content (AvgIpc) is 2.34. The minimum Gasteiger partial charge on any atom is -0.351 e. The molecule has 0 aromatic heterocycles. The summed E-state index contributed by atoms with van der Waals surface area (Å²) in [5, 5.41) is 11.0. The van der Waals surface area contributed by atoms with Gasteiger partial charge in [-0.05, 0) is 24.6 Å². The monoisotopic (exact) mass is 256 g/mol. The lowest BCUT2D eigenvalue weighted by atomic mass is 10.1. The molecular formula is C12H11F3N2O. The molecule has 0 fully saturated rings. The van der Waals surface area contributed by atoms with Gasteiger partial charge in [-0.1, -0.05) is 12.1 Å². The topological polar surface area (TPSA) is 52.9 Å². The second-order valence-corrected chi connectivity index (χ2v) is 3.76. The second kappa shape index (κ2) is 5.54. The number of rotatable bonds is 3. The molecule has 0 radical (unpaired) electrons. The van der Waals surface area contributed by atoms with Gasteiger partial charge in [0.1, 0.15) is 5.92 Å². The number of nitrogens with one attached hydrogen (secondary N) is 1. The van der Waals surface area contributed by atoms with Gasteiger partial charge in [0.15, 0.2) is 0 Å². The van der Waals surface area contributed by atoms with Gasteiger partial charge in [0, 0.05) is 6.54 Å². The van der Waals surface area contributed by atoms with Gasteiger partial charge < -0.3 is 5.32 Å². The molecule has 1 aromatic carbocycles. The molecule has 0 bridgehead atoms. The molecule has 0 spiro atoms. The van der Waals surface area contributed by atoms with Crippen LogP contribution in [0.3, 0.4) is 0 Å². The van der Waals surface area contributed by atoms with Crippen molar-refractivity contribution >= 4 is 5.91 Å². The Kier molecular flexibility index (Phi) is 4.32. The lowest BCUT2D eigenvalue weighted by Gasteiger charge is -2.09. The number of nitriles is 1. The number of alkyl halides is 3. The maximum absolute atomic E-state index is 12.3. The molecule has 96 valence electrons. The number of nitrogens with zero attached hydrogens (tertiary/aromatic N) is 1. The van der Waals surface area contributed by atoms with Crippen molar-refractivity contribution in [2.24, 2.45) is 5.92 Å². The third-order valence-corrected chi connectivity index (χ3v) is 2.33. The van der Waals surface area contributed by atoms with E-state index in [1.807, 2.05) is 0 Å². The van der Waals surface area contributed by atoms with Crippen LogP contribution in [0.1, 0.15) is 18.1 Å². The summed E-state index contributed by atoms with van der Waals surface area (Å²) in [6.45, 7) is 1.55. The first kappa shape index (κ1) is 14.0. The molecule has 18 heavy (non-hydrogen) atoms. The van der Waals surface area contributed by atoms with Crippen molar-refractivity contribution in [2.45, 2.75) is 19.6 Å². The highest BCUT2D eigenvalue weighted by Crippen LogP contribution is 2.28. The third-order valence-electron chi connectivity index (χ3n) is 2.33. The van der Waals surface area contributed by atoms with Crippen LogP contribution in [-0.4, -0.2) is 5.91 Å². The standard InChI is InChI=1S/C12H11F3N2O/c1-8(6-16)11(18)17-7-9-2-4-10(5-3-9)12(13,14)15/h2-5,8H,7H2,1H3,(H,17,18). The summed E-state index contributed by atoms with van der Waals surface area (Å²) in [5.41, 5.74) is -0.190. The predicted molar refractivity (Wildman–Crippen MR) is 58.1 cm³/mol. The summed E-state index contributed by atoms with van der Waals surface area (Å²) in [7, 11) is 0. The Labute approximate surface area is 102 Å². The van der Waals surface area contributed by atoms with Crippen LogP contribution in [0.25, 0.3) is 0 Å². The SMILES string of the molecule is CC(C#N)C(=O)NCc1ccc(C(F)(F)F)cc1. The molecule has 0 aliphatic heterocycles. The fraction of sp³-hybridized carbons (Fsp3) is 0.333. The van der Waals surface area contributed by atoms with Crippen molar-refractivity contribution in [2.75, 3.05) is 0 Å². The van der Waals surface area contributed by atoms with Crippen LogP contribution in [0.5, 0.6) is 0 Å². The number of halogens is 3. The minimum atomic E-state index is -4.36. The smallest absolute Gasteiger partial charge is 0.351 e. The van der Waals surface area contributed by atoms with Crippen molar-refractivity contribution in [3.05, 3.63) is 35.4 Å². The molecule has 1 unspecified atom stereocenters. The van der Waals surface area contributed by atoms with Gasteiger partial charge in [-0.3, -0.25) is 4.79 Å². The molecule has 1 atom stereocenters. The van der Waals surface area contributed by atoms with E-state index in [0.717, 1.165) is 12.1 Å². The van der Waals surface area contributed by atoms with E-state index in [4.69, 9.17) is 5.26 Å². The number of amides is 1. The maximum atomic E-state index is 12.3. The molecule has 0 saturated heterocycles. The van der Waals surface area contributed by atoms with Crippen molar-refractivity contribution < 1.29 is 18.0 Å². The Hall–Kier alpha value is -2.03. The highest BCUT2D eigenvalue weighted by molar-refractivity contribution is 5.80. The Balaban J connectivity index is 2.61. The van der Waals surface area contributed by atoms with E-state index in [-0.39, 0.29) is 6.54 Å². The van der Waals surface area contributed by atoms with E-state index in [9.17, 15) is 18.0 Å². The molecule has 1 amide bonds. The highest BCUT2D eigenvalue weighted by atomic mass is 19.4. The predicted octanol–water partition coefficient (Wildman–Crippen LogP) is 2.48. The van der Waals surface area contributed by atoms with E-state index >= 15 is 0 Å². The van der Waals surface area contributed by atoms with E-state index in [1.165, 1.54) is 19.1 Å². The summed E-state index contributed by atoms with van der Waals surface area (Å²) >= 11 is 0. The van der Waals surface area contributed by atoms with E-state index in [1.54, 1.807) is 6.07 Å². The first-order valence-electron chi connectivity index (χ1n) is 5.18. The van der Waals surface area contributed by atoms with Gasteiger partial charge in [-0.2, -0.15) is 18.4 Å². The zero-order chi connectivity index (χ0) is 13.8. The van der Waals surface area contributed by atoms with Crippen molar-refractivity contribution in [1.82, 2.24) is 5.32 Å². The Bertz CT molecular complexity index is 460. The van der Waals surface area contributed by atoms with Gasteiger partial charge in [0.05, 0.1) is 11.6 Å². The molecule has 0 heterocycles. The van der Waals surface area contributed by atoms with E-state index < -0.39 is 23.6 Å². The van der Waals surface area contributed by atoms with E-state index in [0.29, 0.717) is 5.56 Å². The van der Waals surface area contributed by atoms with Crippen molar-refractivity contribution in [3.63, 3.8) is 0 Å². The normalized spacial score (nSPS) is 12.6. The van der Waals surface area contributed by atoms with Crippen molar-refractivity contribution in [1.29, 1.82) is 5.26 Å². The minimum absolute atomic E-state index is 0.100. The first-order valence-corrected chi connectivity index (χ1v) is 5.18. The van der Waals surface area contributed by atoms with Crippen molar-refractivity contribution in [3.8, 4) is 6.07 Å². The Morgan fingerprint density at radius 2 is 1.94 bits per heavy atom. The summed E-state index contributed by atoms with van der Waals surface area (Å²) in [4.78, 5) is 11.3. The van der Waals surface area contributed by atoms with Crippen LogP contribution < -0.4 is 5.32 Å². The Morgan fingerprint density at radius 3 is 2.39 bits per heavy atom. The first-order chi connectivity index (χ1) is 8.34. The molecule has 6 heteroatoms. The van der Waals surface area contributed by atoms with Crippen LogP contribution in [-0.2, 0) is 17.5 Å². The highest BCUT2D eigenvalue weighted by Gasteiger charge is 2.29. The lowest BCUT2D eigenvalue weighted by Crippen LogP contribution is -2.27. The number of carbonyl (C=O) groups is 1. The van der Waals surface area contributed by atoms with Crippen LogP contribution in [0, 0.1) is 17.2 Å². The van der Waals surface area contributed by atoms with Gasteiger partial charge >= 0.3 is 6.18 Å². The molecule has 0 aliphatic carbocycles. The van der Waals surface area contributed by atoms with E-state index in [2.05, 4.69) is 5.32 Å². The average molecular weight is 256 g/mol. The summed E-state index contributed by atoms with van der Waals surface area (Å²) in [5.74, 6) is -1.23. The number of hydrogen-bond acceptors (Lipinski definition) is 2. The molecule has 0 saturated carbocycles. The van der Waals surface area contributed by atoms with Crippen LogP contribution in [0.2, 0.25) is 0 Å². The third kappa shape index (κ3) is 3.77. The van der Waals surface area contributed by atoms with Gasteiger partial charge in [-0.25, -0.2) is 0 Å². The van der Waals surface area contributed by atoms with Gasteiger partial charge in [-0.15, -0.1) is 0 Å².